The van der Waals surface area contributed by atoms with Gasteiger partial charge < -0.3 is 9.47 Å². The van der Waals surface area contributed by atoms with Crippen LogP contribution in [0.15, 0.2) is 24.3 Å². The summed E-state index contributed by atoms with van der Waals surface area (Å²) in [4.78, 5) is 22.6. The zero-order valence-electron chi connectivity index (χ0n) is 9.60. The zero-order chi connectivity index (χ0) is 12.8. The molecule has 0 aromatic heterocycles. The number of Topliss-reactive ketones (excluding diaryl/α,β-unsaturated/α-hetero) is 1. The van der Waals surface area contributed by atoms with Gasteiger partial charge in [0, 0.05) is 0 Å². The molecule has 1 atom stereocenters. The van der Waals surface area contributed by atoms with Crippen molar-refractivity contribution in [3.05, 3.63) is 29.8 Å². The van der Waals surface area contributed by atoms with E-state index in [4.69, 9.17) is 4.74 Å². The number of methoxy groups -OCH3 is 1. The molecular formula is C12H13FO4. The lowest BCUT2D eigenvalue weighted by atomic mass is 10.1. The SMILES string of the molecule is CCOc1ccccc1C(=O)C(F)C(=O)OC. The number of halogens is 1. The largest absolute Gasteiger partial charge is 0.493 e. The minimum absolute atomic E-state index is 0.0345. The molecule has 0 spiro atoms. The van der Waals surface area contributed by atoms with E-state index in [0.717, 1.165) is 7.11 Å². The minimum Gasteiger partial charge on any atom is -0.493 e. The number of hydrogen-bond acceptors (Lipinski definition) is 4. The van der Waals surface area contributed by atoms with E-state index in [1.807, 2.05) is 0 Å². The van der Waals surface area contributed by atoms with E-state index in [1.54, 1.807) is 25.1 Å². The zero-order valence-corrected chi connectivity index (χ0v) is 9.60. The lowest BCUT2D eigenvalue weighted by molar-refractivity contribution is -0.144. The lowest BCUT2D eigenvalue weighted by Gasteiger charge is -2.10. The van der Waals surface area contributed by atoms with Gasteiger partial charge in [0.1, 0.15) is 5.75 Å². The number of carbonyl (C=O) groups excluding carboxylic acids is 2. The molecule has 0 N–H and O–H groups in total. The molecule has 5 heteroatoms. The van der Waals surface area contributed by atoms with Crippen molar-refractivity contribution in [1.82, 2.24) is 0 Å². The Morgan fingerprint density at radius 1 is 1.35 bits per heavy atom. The highest BCUT2D eigenvalue weighted by Gasteiger charge is 2.29. The first-order chi connectivity index (χ1) is 8.11. The first kappa shape index (κ1) is 13.2. The number of ether oxygens (including phenoxy) is 2. The van der Waals surface area contributed by atoms with E-state index in [1.165, 1.54) is 6.07 Å². The summed E-state index contributed by atoms with van der Waals surface area (Å²) >= 11 is 0. The van der Waals surface area contributed by atoms with Crippen LogP contribution in [-0.4, -0.2) is 31.6 Å². The Balaban J connectivity index is 2.99. The van der Waals surface area contributed by atoms with E-state index in [9.17, 15) is 14.0 Å². The summed E-state index contributed by atoms with van der Waals surface area (Å²) in [6, 6.07) is 6.18. The van der Waals surface area contributed by atoms with Crippen LogP contribution in [-0.2, 0) is 9.53 Å². The normalized spacial score (nSPS) is 11.7. The van der Waals surface area contributed by atoms with Crippen molar-refractivity contribution in [2.24, 2.45) is 0 Å². The van der Waals surface area contributed by atoms with Crippen LogP contribution >= 0.6 is 0 Å². The van der Waals surface area contributed by atoms with Gasteiger partial charge in [0.25, 0.3) is 6.17 Å². The molecule has 0 bridgehead atoms. The summed E-state index contributed by atoms with van der Waals surface area (Å²) in [6.07, 6.45) is -2.32. The minimum atomic E-state index is -2.32. The van der Waals surface area contributed by atoms with Crippen LogP contribution in [0.2, 0.25) is 0 Å². The summed E-state index contributed by atoms with van der Waals surface area (Å²) in [5.74, 6) is -1.91. The Hall–Kier alpha value is -1.91. The maximum absolute atomic E-state index is 13.4. The Bertz CT molecular complexity index is 417. The van der Waals surface area contributed by atoms with Crippen LogP contribution in [0.25, 0.3) is 0 Å². The fraction of sp³-hybridized carbons (Fsp3) is 0.333. The first-order valence-electron chi connectivity index (χ1n) is 5.09. The van der Waals surface area contributed by atoms with Crippen LogP contribution in [0.5, 0.6) is 5.75 Å². The van der Waals surface area contributed by atoms with Crippen LogP contribution in [0, 0.1) is 0 Å². The number of benzene rings is 1. The molecule has 1 rings (SSSR count). The van der Waals surface area contributed by atoms with Crippen molar-refractivity contribution in [3.63, 3.8) is 0 Å². The average Bonchev–Trinajstić information content (AvgIpc) is 2.37. The maximum atomic E-state index is 13.4. The number of ketones is 1. The lowest BCUT2D eigenvalue weighted by Crippen LogP contribution is -2.27. The molecule has 0 heterocycles. The highest BCUT2D eigenvalue weighted by molar-refractivity contribution is 6.12. The van der Waals surface area contributed by atoms with Gasteiger partial charge in [-0.2, -0.15) is 0 Å². The van der Waals surface area contributed by atoms with Crippen LogP contribution in [0.1, 0.15) is 17.3 Å². The topological polar surface area (TPSA) is 52.6 Å². The summed E-state index contributed by atoms with van der Waals surface area (Å²) in [5.41, 5.74) is 0.0345. The monoisotopic (exact) mass is 240 g/mol. The number of esters is 1. The fourth-order valence-corrected chi connectivity index (χ4v) is 1.30. The van der Waals surface area contributed by atoms with Gasteiger partial charge in [0.05, 0.1) is 19.3 Å². The quantitative estimate of drug-likeness (QED) is 0.447. The van der Waals surface area contributed by atoms with Crippen molar-refractivity contribution in [1.29, 1.82) is 0 Å². The highest BCUT2D eigenvalue weighted by atomic mass is 19.1. The standard InChI is InChI=1S/C12H13FO4/c1-3-17-9-7-5-4-6-8(9)11(14)10(13)12(15)16-2/h4-7,10H,3H2,1-2H3. The summed E-state index contributed by atoms with van der Waals surface area (Å²) < 4.78 is 22.8. The van der Waals surface area contributed by atoms with Gasteiger partial charge in [-0.05, 0) is 19.1 Å². The van der Waals surface area contributed by atoms with Gasteiger partial charge in [-0.1, -0.05) is 12.1 Å². The van der Waals surface area contributed by atoms with Crippen LogP contribution in [0.3, 0.4) is 0 Å². The molecule has 17 heavy (non-hydrogen) atoms. The molecule has 0 aliphatic heterocycles. The highest BCUT2D eigenvalue weighted by Crippen LogP contribution is 2.20. The third-order valence-corrected chi connectivity index (χ3v) is 2.09. The summed E-state index contributed by atoms with van der Waals surface area (Å²) in [7, 11) is 1.02. The Labute approximate surface area is 98.3 Å². The van der Waals surface area contributed by atoms with Crippen molar-refractivity contribution < 1.29 is 23.5 Å². The Morgan fingerprint density at radius 3 is 2.59 bits per heavy atom. The molecule has 1 aromatic carbocycles. The molecule has 0 aliphatic carbocycles. The van der Waals surface area contributed by atoms with Gasteiger partial charge in [-0.15, -0.1) is 0 Å². The van der Waals surface area contributed by atoms with Crippen molar-refractivity contribution in [3.8, 4) is 5.75 Å². The second-order valence-corrected chi connectivity index (χ2v) is 3.18. The molecule has 0 aliphatic rings. The Kier molecular flexibility index (Phi) is 4.63. The van der Waals surface area contributed by atoms with E-state index in [0.29, 0.717) is 6.61 Å². The predicted molar refractivity (Wildman–Crippen MR) is 58.9 cm³/mol. The third kappa shape index (κ3) is 3.03. The second kappa shape index (κ2) is 5.98. The number of carbonyl (C=O) groups is 2. The number of hydrogen-bond donors (Lipinski definition) is 0. The van der Waals surface area contributed by atoms with Gasteiger partial charge in [-0.3, -0.25) is 4.79 Å². The van der Waals surface area contributed by atoms with Gasteiger partial charge in [-0.25, -0.2) is 9.18 Å². The molecule has 0 amide bonds. The molecular weight excluding hydrogens is 227 g/mol. The molecule has 92 valence electrons. The molecule has 4 nitrogen and oxygen atoms in total. The van der Waals surface area contributed by atoms with Crippen molar-refractivity contribution >= 4 is 11.8 Å². The second-order valence-electron chi connectivity index (χ2n) is 3.18. The molecule has 0 radical (unpaired) electrons. The Morgan fingerprint density at radius 2 is 2.00 bits per heavy atom. The van der Waals surface area contributed by atoms with Gasteiger partial charge in [0.2, 0.25) is 5.78 Å². The number of para-hydroxylation sites is 1. The summed E-state index contributed by atoms with van der Waals surface area (Å²) in [6.45, 7) is 2.09. The maximum Gasteiger partial charge on any atom is 0.348 e. The van der Waals surface area contributed by atoms with Gasteiger partial charge >= 0.3 is 5.97 Å². The van der Waals surface area contributed by atoms with Crippen molar-refractivity contribution in [2.75, 3.05) is 13.7 Å². The number of rotatable bonds is 5. The predicted octanol–water partition coefficient (Wildman–Crippen LogP) is 1.78. The van der Waals surface area contributed by atoms with E-state index < -0.39 is 17.9 Å². The molecule has 0 saturated heterocycles. The fourth-order valence-electron chi connectivity index (χ4n) is 1.30. The average molecular weight is 240 g/mol. The van der Waals surface area contributed by atoms with E-state index >= 15 is 0 Å². The smallest absolute Gasteiger partial charge is 0.348 e. The van der Waals surface area contributed by atoms with E-state index in [2.05, 4.69) is 4.74 Å². The molecule has 0 fully saturated rings. The summed E-state index contributed by atoms with van der Waals surface area (Å²) in [5, 5.41) is 0. The molecule has 1 aromatic rings. The van der Waals surface area contributed by atoms with Crippen LogP contribution < -0.4 is 4.74 Å². The van der Waals surface area contributed by atoms with E-state index in [-0.39, 0.29) is 11.3 Å². The van der Waals surface area contributed by atoms with Gasteiger partial charge in [0.15, 0.2) is 0 Å². The first-order valence-corrected chi connectivity index (χ1v) is 5.09. The number of alkyl halides is 1. The third-order valence-electron chi connectivity index (χ3n) is 2.09. The van der Waals surface area contributed by atoms with Crippen molar-refractivity contribution in [2.45, 2.75) is 13.1 Å². The molecule has 1 unspecified atom stereocenters. The molecule has 0 saturated carbocycles. The van der Waals surface area contributed by atoms with Crippen LogP contribution in [0.4, 0.5) is 4.39 Å².